The van der Waals surface area contributed by atoms with Crippen LogP contribution in [0.5, 0.6) is 0 Å². The van der Waals surface area contributed by atoms with Gasteiger partial charge in [0, 0.05) is 12.0 Å². The Morgan fingerprint density at radius 3 is 2.52 bits per heavy atom. The summed E-state index contributed by atoms with van der Waals surface area (Å²) in [5.41, 5.74) is 3.36. The van der Waals surface area contributed by atoms with Crippen LogP contribution in [0.4, 0.5) is 0 Å². The van der Waals surface area contributed by atoms with E-state index in [2.05, 4.69) is 58.1 Å². The highest BCUT2D eigenvalue weighted by molar-refractivity contribution is 5.57. The van der Waals surface area contributed by atoms with Crippen molar-refractivity contribution in [2.75, 3.05) is 19.8 Å². The fraction of sp³-hybridized carbons (Fsp3) is 0.391. The zero-order chi connectivity index (χ0) is 19.5. The molecule has 0 aliphatic carbocycles. The molecule has 5 rings (SSSR count). The highest BCUT2D eigenvalue weighted by atomic mass is 16.6. The second-order valence-electron chi connectivity index (χ2n) is 7.89. The van der Waals surface area contributed by atoms with Crippen molar-refractivity contribution in [2.24, 2.45) is 0 Å². The normalized spacial score (nSPS) is 25.9. The molecule has 0 spiro atoms. The SMILES string of the molecule is c1ccc(CCC[NH2+][C@H]2CO[C@H]3[C@@H]2OC[C@@H]3n2cc(-c3ccccc3)nn2)cc1. The van der Waals surface area contributed by atoms with E-state index in [1.54, 1.807) is 0 Å². The summed E-state index contributed by atoms with van der Waals surface area (Å²) in [7, 11) is 0. The van der Waals surface area contributed by atoms with Gasteiger partial charge in [-0.3, -0.25) is 0 Å². The lowest BCUT2D eigenvalue weighted by molar-refractivity contribution is -0.693. The van der Waals surface area contributed by atoms with Gasteiger partial charge in [0.25, 0.3) is 0 Å². The van der Waals surface area contributed by atoms with Crippen molar-refractivity contribution in [1.29, 1.82) is 0 Å². The van der Waals surface area contributed by atoms with E-state index in [1.807, 2.05) is 29.1 Å². The van der Waals surface area contributed by atoms with Crippen LogP contribution >= 0.6 is 0 Å². The zero-order valence-corrected chi connectivity index (χ0v) is 16.4. The van der Waals surface area contributed by atoms with Gasteiger partial charge in [0.1, 0.15) is 36.6 Å². The summed E-state index contributed by atoms with van der Waals surface area (Å²) >= 11 is 0. The second kappa shape index (κ2) is 8.45. The predicted octanol–water partition coefficient (Wildman–Crippen LogP) is 1.85. The molecule has 3 aromatic rings. The van der Waals surface area contributed by atoms with Crippen molar-refractivity contribution in [3.05, 3.63) is 72.4 Å². The third-order valence-electron chi connectivity index (χ3n) is 5.97. The summed E-state index contributed by atoms with van der Waals surface area (Å²) in [6, 6.07) is 21.3. The van der Waals surface area contributed by atoms with Crippen LogP contribution in [0.2, 0.25) is 0 Å². The first-order chi connectivity index (χ1) is 14.4. The lowest BCUT2D eigenvalue weighted by atomic mass is 10.1. The van der Waals surface area contributed by atoms with E-state index in [4.69, 9.17) is 9.47 Å². The van der Waals surface area contributed by atoms with Crippen LogP contribution in [0.1, 0.15) is 18.0 Å². The quantitative estimate of drug-likeness (QED) is 0.625. The number of rotatable bonds is 7. The van der Waals surface area contributed by atoms with Crippen molar-refractivity contribution < 1.29 is 14.8 Å². The monoisotopic (exact) mass is 391 g/mol. The molecule has 0 bridgehead atoms. The van der Waals surface area contributed by atoms with Gasteiger partial charge >= 0.3 is 0 Å². The molecule has 0 unspecified atom stereocenters. The van der Waals surface area contributed by atoms with E-state index >= 15 is 0 Å². The molecule has 2 fully saturated rings. The third kappa shape index (κ3) is 3.96. The molecule has 2 N–H and O–H groups in total. The standard InChI is InChI=1S/C23H26N4O2/c1-3-8-17(9-4-1)10-7-13-24-20-15-28-23-21(16-29-22(20)23)27-14-19(25-26-27)18-11-5-2-6-12-18/h1-6,8-9,11-12,14,20-24H,7,10,13,15-16H2/p+1/t20-,21-,22+,23+/m0/s1. The minimum atomic E-state index is 0.0516. The Morgan fingerprint density at radius 2 is 1.69 bits per heavy atom. The molecule has 0 amide bonds. The number of nitrogens with two attached hydrogens (primary N) is 1. The number of aromatic nitrogens is 3. The van der Waals surface area contributed by atoms with Gasteiger partial charge in [0.2, 0.25) is 0 Å². The van der Waals surface area contributed by atoms with Crippen molar-refractivity contribution in [3.63, 3.8) is 0 Å². The fourth-order valence-electron chi connectivity index (χ4n) is 4.40. The maximum Gasteiger partial charge on any atom is 0.140 e. The van der Waals surface area contributed by atoms with E-state index in [1.165, 1.54) is 5.56 Å². The molecule has 0 radical (unpaired) electrons. The Bertz CT molecular complexity index is 915. The fourth-order valence-corrected chi connectivity index (χ4v) is 4.40. The number of nitrogens with zero attached hydrogens (tertiary/aromatic N) is 3. The Kier molecular flexibility index (Phi) is 5.39. The van der Waals surface area contributed by atoms with Gasteiger partial charge in [0.15, 0.2) is 0 Å². The number of aryl methyl sites for hydroxylation is 1. The predicted molar refractivity (Wildman–Crippen MR) is 109 cm³/mol. The van der Waals surface area contributed by atoms with Crippen LogP contribution in [-0.2, 0) is 15.9 Å². The lowest BCUT2D eigenvalue weighted by Gasteiger charge is -2.15. The summed E-state index contributed by atoms with van der Waals surface area (Å²) in [4.78, 5) is 0. The van der Waals surface area contributed by atoms with Gasteiger partial charge < -0.3 is 14.8 Å². The second-order valence-corrected chi connectivity index (χ2v) is 7.89. The van der Waals surface area contributed by atoms with E-state index in [0.717, 1.165) is 37.3 Å². The molecule has 0 saturated carbocycles. The highest BCUT2D eigenvalue weighted by Crippen LogP contribution is 2.33. The number of hydrogen-bond donors (Lipinski definition) is 1. The summed E-state index contributed by atoms with van der Waals surface area (Å²) < 4.78 is 14.2. The lowest BCUT2D eigenvalue weighted by Crippen LogP contribution is -2.92. The molecule has 2 aliphatic heterocycles. The van der Waals surface area contributed by atoms with Crippen LogP contribution in [-0.4, -0.2) is 53.0 Å². The van der Waals surface area contributed by atoms with Crippen molar-refractivity contribution in [2.45, 2.75) is 37.1 Å². The first kappa shape index (κ1) is 18.5. The number of fused-ring (bicyclic) bond motifs is 1. The Morgan fingerprint density at radius 1 is 0.931 bits per heavy atom. The van der Waals surface area contributed by atoms with Crippen LogP contribution in [0.15, 0.2) is 66.9 Å². The average molecular weight is 391 g/mol. The summed E-state index contributed by atoms with van der Waals surface area (Å²) in [5.74, 6) is 0. The van der Waals surface area contributed by atoms with Crippen molar-refractivity contribution in [1.82, 2.24) is 15.0 Å². The minimum Gasteiger partial charge on any atom is -0.367 e. The molecule has 3 heterocycles. The number of benzene rings is 2. The van der Waals surface area contributed by atoms with Gasteiger partial charge in [-0.15, -0.1) is 5.10 Å². The first-order valence-corrected chi connectivity index (χ1v) is 10.5. The molecular weight excluding hydrogens is 364 g/mol. The number of quaternary nitrogens is 1. The molecule has 6 nitrogen and oxygen atoms in total. The molecule has 29 heavy (non-hydrogen) atoms. The van der Waals surface area contributed by atoms with Gasteiger partial charge in [-0.25, -0.2) is 4.68 Å². The van der Waals surface area contributed by atoms with Gasteiger partial charge in [-0.2, -0.15) is 0 Å². The van der Waals surface area contributed by atoms with Crippen LogP contribution in [0.3, 0.4) is 0 Å². The molecule has 2 saturated heterocycles. The number of ether oxygens (including phenoxy) is 2. The van der Waals surface area contributed by atoms with Gasteiger partial charge in [0.05, 0.1) is 19.3 Å². The van der Waals surface area contributed by atoms with Crippen LogP contribution in [0, 0.1) is 0 Å². The molecule has 6 heteroatoms. The average Bonchev–Trinajstić information content (AvgIpc) is 3.50. The Hall–Kier alpha value is -2.54. The summed E-state index contributed by atoms with van der Waals surface area (Å²) in [5, 5.41) is 11.1. The molecule has 2 aliphatic rings. The van der Waals surface area contributed by atoms with Crippen molar-refractivity contribution >= 4 is 0 Å². The molecule has 2 aromatic carbocycles. The van der Waals surface area contributed by atoms with Gasteiger partial charge in [-0.1, -0.05) is 65.9 Å². The Labute approximate surface area is 170 Å². The molecule has 4 atom stereocenters. The summed E-state index contributed by atoms with van der Waals surface area (Å²) in [6.45, 7) is 2.44. The van der Waals surface area contributed by atoms with E-state index in [-0.39, 0.29) is 18.2 Å². The topological polar surface area (TPSA) is 65.8 Å². The maximum absolute atomic E-state index is 6.14. The molecule has 150 valence electrons. The highest BCUT2D eigenvalue weighted by Gasteiger charge is 2.50. The van der Waals surface area contributed by atoms with E-state index in [9.17, 15) is 0 Å². The number of hydrogen-bond acceptors (Lipinski definition) is 4. The largest absolute Gasteiger partial charge is 0.367 e. The third-order valence-corrected chi connectivity index (χ3v) is 5.97. The van der Waals surface area contributed by atoms with Gasteiger partial charge in [-0.05, 0) is 12.0 Å². The van der Waals surface area contributed by atoms with Crippen LogP contribution in [0.25, 0.3) is 11.3 Å². The summed E-state index contributed by atoms with van der Waals surface area (Å²) in [6.07, 6.45) is 4.46. The molecule has 1 aromatic heterocycles. The first-order valence-electron chi connectivity index (χ1n) is 10.5. The zero-order valence-electron chi connectivity index (χ0n) is 16.4. The molecular formula is C23H27N4O2+. The minimum absolute atomic E-state index is 0.0516. The van der Waals surface area contributed by atoms with Crippen LogP contribution < -0.4 is 5.32 Å². The van der Waals surface area contributed by atoms with Crippen molar-refractivity contribution in [3.8, 4) is 11.3 Å². The Balaban J connectivity index is 1.16. The van der Waals surface area contributed by atoms with E-state index in [0.29, 0.717) is 12.6 Å². The maximum atomic E-state index is 6.14. The smallest absolute Gasteiger partial charge is 0.140 e. The van der Waals surface area contributed by atoms with E-state index < -0.39 is 0 Å².